The van der Waals surface area contributed by atoms with E-state index in [9.17, 15) is 5.11 Å². The maximum absolute atomic E-state index is 9.97. The number of hydrogen-bond donors (Lipinski definition) is 1. The van der Waals surface area contributed by atoms with Crippen LogP contribution in [0.1, 0.15) is 43.6 Å². The lowest BCUT2D eigenvalue weighted by Gasteiger charge is -2.19. The highest BCUT2D eigenvalue weighted by atomic mass is 16.3. The van der Waals surface area contributed by atoms with Crippen molar-refractivity contribution in [3.8, 4) is 0 Å². The van der Waals surface area contributed by atoms with E-state index in [-0.39, 0.29) is 6.10 Å². The van der Waals surface area contributed by atoms with E-state index >= 15 is 0 Å². The predicted octanol–water partition coefficient (Wildman–Crippen LogP) is 2.49. The fourth-order valence-corrected chi connectivity index (χ4v) is 2.27. The van der Waals surface area contributed by atoms with E-state index < -0.39 is 0 Å². The highest BCUT2D eigenvalue weighted by Gasteiger charge is 2.22. The van der Waals surface area contributed by atoms with Gasteiger partial charge in [-0.25, -0.2) is 0 Å². The molecule has 0 saturated heterocycles. The van der Waals surface area contributed by atoms with Gasteiger partial charge in [0.15, 0.2) is 0 Å². The van der Waals surface area contributed by atoms with Crippen LogP contribution in [0, 0.1) is 0 Å². The van der Waals surface area contributed by atoms with Crippen molar-refractivity contribution >= 4 is 0 Å². The summed E-state index contributed by atoms with van der Waals surface area (Å²) in [4.78, 5) is 4.11. The number of aliphatic hydroxyl groups is 1. The Balaban J connectivity index is 2.15. The second-order valence-electron chi connectivity index (χ2n) is 4.10. The van der Waals surface area contributed by atoms with E-state index in [0.29, 0.717) is 5.92 Å². The molecule has 1 aliphatic carbocycles. The third-order valence-electron chi connectivity index (χ3n) is 3.09. The average molecular weight is 191 g/mol. The SMILES string of the molecule is OC1CCCCCC1c1cccnc1. The summed E-state index contributed by atoms with van der Waals surface area (Å²) in [6.45, 7) is 0. The third-order valence-corrected chi connectivity index (χ3v) is 3.09. The second-order valence-corrected chi connectivity index (χ2v) is 4.10. The first-order valence-electron chi connectivity index (χ1n) is 5.46. The summed E-state index contributed by atoms with van der Waals surface area (Å²) in [5.74, 6) is 0.311. The van der Waals surface area contributed by atoms with Crippen molar-refractivity contribution in [1.29, 1.82) is 0 Å². The second kappa shape index (κ2) is 4.56. The Labute approximate surface area is 85.0 Å². The first kappa shape index (κ1) is 9.66. The number of rotatable bonds is 1. The van der Waals surface area contributed by atoms with Crippen LogP contribution in [-0.4, -0.2) is 16.2 Å². The van der Waals surface area contributed by atoms with Gasteiger partial charge in [0.1, 0.15) is 0 Å². The zero-order valence-electron chi connectivity index (χ0n) is 8.39. The van der Waals surface area contributed by atoms with E-state index in [1.165, 1.54) is 18.4 Å². The molecule has 1 heterocycles. The van der Waals surface area contributed by atoms with Gasteiger partial charge in [0.05, 0.1) is 6.10 Å². The van der Waals surface area contributed by atoms with Gasteiger partial charge < -0.3 is 5.11 Å². The molecular formula is C12H17NO. The molecule has 2 nitrogen and oxygen atoms in total. The molecule has 1 saturated carbocycles. The molecule has 1 aromatic heterocycles. The van der Waals surface area contributed by atoms with E-state index in [1.54, 1.807) is 6.20 Å². The smallest absolute Gasteiger partial charge is 0.0609 e. The molecule has 2 atom stereocenters. The van der Waals surface area contributed by atoms with Crippen molar-refractivity contribution in [3.05, 3.63) is 30.1 Å². The zero-order chi connectivity index (χ0) is 9.80. The van der Waals surface area contributed by atoms with Gasteiger partial charge in [0.2, 0.25) is 0 Å². The van der Waals surface area contributed by atoms with Gasteiger partial charge in [0.25, 0.3) is 0 Å². The number of pyridine rings is 1. The molecule has 14 heavy (non-hydrogen) atoms. The maximum atomic E-state index is 9.97. The van der Waals surface area contributed by atoms with E-state index in [4.69, 9.17) is 0 Å². The maximum Gasteiger partial charge on any atom is 0.0609 e. The van der Waals surface area contributed by atoms with Crippen molar-refractivity contribution in [3.63, 3.8) is 0 Å². The van der Waals surface area contributed by atoms with Crippen LogP contribution >= 0.6 is 0 Å². The molecule has 2 heteroatoms. The first-order valence-corrected chi connectivity index (χ1v) is 5.46. The fraction of sp³-hybridized carbons (Fsp3) is 0.583. The summed E-state index contributed by atoms with van der Waals surface area (Å²) >= 11 is 0. The van der Waals surface area contributed by atoms with Crippen molar-refractivity contribution in [1.82, 2.24) is 4.98 Å². The Bertz CT molecular complexity index is 273. The van der Waals surface area contributed by atoms with Crippen LogP contribution in [0.5, 0.6) is 0 Å². The molecule has 2 unspecified atom stereocenters. The minimum atomic E-state index is -0.165. The molecule has 0 radical (unpaired) electrons. The van der Waals surface area contributed by atoms with Crippen molar-refractivity contribution in [2.75, 3.05) is 0 Å². The zero-order valence-corrected chi connectivity index (χ0v) is 8.39. The summed E-state index contributed by atoms with van der Waals surface area (Å²) in [5.41, 5.74) is 1.20. The molecule has 1 aromatic rings. The van der Waals surface area contributed by atoms with Crippen LogP contribution in [0.4, 0.5) is 0 Å². The summed E-state index contributed by atoms with van der Waals surface area (Å²) in [6.07, 6.45) is 9.21. The van der Waals surface area contributed by atoms with Gasteiger partial charge in [0, 0.05) is 18.3 Å². The third kappa shape index (κ3) is 2.13. The van der Waals surface area contributed by atoms with E-state index in [1.807, 2.05) is 12.3 Å². The largest absolute Gasteiger partial charge is 0.392 e. The van der Waals surface area contributed by atoms with Crippen LogP contribution < -0.4 is 0 Å². The molecule has 1 N–H and O–H groups in total. The van der Waals surface area contributed by atoms with Crippen LogP contribution in [-0.2, 0) is 0 Å². The molecule has 0 amide bonds. The number of nitrogens with zero attached hydrogens (tertiary/aromatic N) is 1. The number of aromatic nitrogens is 1. The Morgan fingerprint density at radius 2 is 2.07 bits per heavy atom. The summed E-state index contributed by atoms with van der Waals surface area (Å²) in [5, 5.41) is 9.97. The Morgan fingerprint density at radius 3 is 2.86 bits per heavy atom. The van der Waals surface area contributed by atoms with Crippen molar-refractivity contribution in [2.24, 2.45) is 0 Å². The monoisotopic (exact) mass is 191 g/mol. The lowest BCUT2D eigenvalue weighted by atomic mass is 9.91. The Morgan fingerprint density at radius 1 is 1.21 bits per heavy atom. The quantitative estimate of drug-likeness (QED) is 0.692. The minimum absolute atomic E-state index is 0.165. The van der Waals surface area contributed by atoms with Gasteiger partial charge >= 0.3 is 0 Å². The normalized spacial score (nSPS) is 28.4. The van der Waals surface area contributed by atoms with Gasteiger partial charge in [-0.15, -0.1) is 0 Å². The topological polar surface area (TPSA) is 33.1 Å². The molecule has 2 rings (SSSR count). The van der Waals surface area contributed by atoms with Crippen LogP contribution in [0.25, 0.3) is 0 Å². The van der Waals surface area contributed by atoms with Crippen molar-refractivity contribution < 1.29 is 5.11 Å². The summed E-state index contributed by atoms with van der Waals surface area (Å²) < 4.78 is 0. The lowest BCUT2D eigenvalue weighted by molar-refractivity contribution is 0.135. The molecule has 0 aliphatic heterocycles. The van der Waals surface area contributed by atoms with Crippen LogP contribution in [0.3, 0.4) is 0 Å². The summed E-state index contributed by atoms with van der Waals surface area (Å²) in [7, 11) is 0. The van der Waals surface area contributed by atoms with Gasteiger partial charge in [-0.2, -0.15) is 0 Å². The molecular weight excluding hydrogens is 174 g/mol. The Hall–Kier alpha value is -0.890. The first-order chi connectivity index (χ1) is 6.88. The van der Waals surface area contributed by atoms with Crippen LogP contribution in [0.2, 0.25) is 0 Å². The van der Waals surface area contributed by atoms with E-state index in [0.717, 1.165) is 19.3 Å². The van der Waals surface area contributed by atoms with Crippen molar-refractivity contribution in [2.45, 2.75) is 44.1 Å². The Kier molecular flexibility index (Phi) is 3.14. The molecule has 1 fully saturated rings. The number of aliphatic hydroxyl groups excluding tert-OH is 1. The molecule has 0 bridgehead atoms. The molecule has 76 valence electrons. The highest BCUT2D eigenvalue weighted by Crippen LogP contribution is 2.31. The standard InChI is InChI=1S/C12H17NO/c14-12-7-3-1-2-6-11(12)10-5-4-8-13-9-10/h4-5,8-9,11-12,14H,1-3,6-7H2. The summed E-state index contributed by atoms with van der Waals surface area (Å²) in [6, 6.07) is 4.03. The minimum Gasteiger partial charge on any atom is -0.392 e. The predicted molar refractivity (Wildman–Crippen MR) is 56.1 cm³/mol. The van der Waals surface area contributed by atoms with Gasteiger partial charge in [-0.1, -0.05) is 25.3 Å². The van der Waals surface area contributed by atoms with E-state index in [2.05, 4.69) is 11.1 Å². The van der Waals surface area contributed by atoms with Crippen LogP contribution in [0.15, 0.2) is 24.5 Å². The van der Waals surface area contributed by atoms with Gasteiger partial charge in [-0.05, 0) is 24.5 Å². The fourth-order valence-electron chi connectivity index (χ4n) is 2.27. The van der Waals surface area contributed by atoms with Gasteiger partial charge in [-0.3, -0.25) is 4.98 Å². The molecule has 0 aromatic carbocycles. The number of hydrogen-bond acceptors (Lipinski definition) is 2. The highest BCUT2D eigenvalue weighted by molar-refractivity contribution is 5.16. The molecule has 0 spiro atoms. The average Bonchev–Trinajstić information content (AvgIpc) is 2.44. The lowest BCUT2D eigenvalue weighted by Crippen LogP contribution is -2.16. The molecule has 1 aliphatic rings.